The summed E-state index contributed by atoms with van der Waals surface area (Å²) in [6.45, 7) is 7.43. The summed E-state index contributed by atoms with van der Waals surface area (Å²) in [5, 5.41) is 7.85. The molecule has 5 rings (SSSR count). The predicted octanol–water partition coefficient (Wildman–Crippen LogP) is 2.66. The van der Waals surface area contributed by atoms with Gasteiger partial charge in [-0.1, -0.05) is 42.5 Å². The molecule has 0 aliphatic carbocycles. The molecule has 0 bridgehead atoms. The van der Waals surface area contributed by atoms with E-state index in [-0.39, 0.29) is 0 Å². The monoisotopic (exact) mass is 427 g/mol. The highest BCUT2D eigenvalue weighted by Gasteiger charge is 2.16. The van der Waals surface area contributed by atoms with Gasteiger partial charge in [-0.3, -0.25) is 4.90 Å². The van der Waals surface area contributed by atoms with Crippen molar-refractivity contribution in [2.24, 2.45) is 0 Å². The van der Waals surface area contributed by atoms with Crippen molar-refractivity contribution in [1.29, 1.82) is 0 Å². The average Bonchev–Trinajstić information content (AvgIpc) is 3.25. The molecule has 32 heavy (non-hydrogen) atoms. The number of benzene rings is 2. The van der Waals surface area contributed by atoms with Crippen LogP contribution in [0.1, 0.15) is 5.56 Å². The third kappa shape index (κ3) is 4.36. The van der Waals surface area contributed by atoms with Gasteiger partial charge in [-0.25, -0.2) is 9.97 Å². The van der Waals surface area contributed by atoms with Crippen molar-refractivity contribution in [3.8, 4) is 16.8 Å². The number of nitrogens with zero attached hydrogens (tertiary/aromatic N) is 4. The first-order valence-electron chi connectivity index (χ1n) is 11.2. The first-order chi connectivity index (χ1) is 15.8. The minimum absolute atomic E-state index is 0.498. The molecule has 3 heterocycles. The third-order valence-corrected chi connectivity index (χ3v) is 6.06. The van der Waals surface area contributed by atoms with E-state index >= 15 is 0 Å². The zero-order valence-corrected chi connectivity index (χ0v) is 18.2. The smallest absolute Gasteiger partial charge is 0.150 e. The summed E-state index contributed by atoms with van der Waals surface area (Å²) >= 11 is 0. The third-order valence-electron chi connectivity index (χ3n) is 6.06. The van der Waals surface area contributed by atoms with Crippen molar-refractivity contribution in [2.75, 3.05) is 45.0 Å². The van der Waals surface area contributed by atoms with Gasteiger partial charge in [-0.2, -0.15) is 0 Å². The Morgan fingerprint density at radius 2 is 1.75 bits per heavy atom. The number of nitrogen functional groups attached to an aromatic ring is 1. The van der Waals surface area contributed by atoms with E-state index in [1.54, 1.807) is 0 Å². The lowest BCUT2D eigenvalue weighted by Crippen LogP contribution is -2.45. The summed E-state index contributed by atoms with van der Waals surface area (Å²) in [6.07, 6.45) is 3.63. The van der Waals surface area contributed by atoms with Crippen LogP contribution in [0.4, 0.5) is 5.82 Å². The van der Waals surface area contributed by atoms with E-state index < -0.39 is 0 Å². The van der Waals surface area contributed by atoms with Gasteiger partial charge in [0.05, 0.1) is 5.39 Å². The van der Waals surface area contributed by atoms with Crippen LogP contribution in [0, 0.1) is 0 Å². The molecule has 0 radical (unpaired) electrons. The Morgan fingerprint density at radius 1 is 0.969 bits per heavy atom. The van der Waals surface area contributed by atoms with Crippen LogP contribution in [0.5, 0.6) is 0 Å². The molecular weight excluding hydrogens is 398 g/mol. The number of aromatic nitrogens is 3. The van der Waals surface area contributed by atoms with Crippen LogP contribution < -0.4 is 16.4 Å². The molecule has 0 amide bonds. The highest BCUT2D eigenvalue weighted by molar-refractivity contribution is 6.01. The van der Waals surface area contributed by atoms with Crippen molar-refractivity contribution in [2.45, 2.75) is 6.54 Å². The van der Waals surface area contributed by atoms with E-state index in [4.69, 9.17) is 5.73 Å². The standard InChI is InChI=1S/C25H29N7/c26-24-23-22(20-4-2-1-3-5-20)17-32(25(23)30-18-29-24)21-8-6-19(7-9-21)16-28-12-15-31-13-10-27-11-14-31/h1-9,17-18,27-28H,10-16H2,(H2,26,29,30). The summed E-state index contributed by atoms with van der Waals surface area (Å²) in [5.41, 5.74) is 11.5. The van der Waals surface area contributed by atoms with E-state index in [9.17, 15) is 0 Å². The number of anilines is 1. The number of rotatable bonds is 7. The van der Waals surface area contributed by atoms with Crippen molar-refractivity contribution in [3.05, 3.63) is 72.7 Å². The average molecular weight is 428 g/mol. The van der Waals surface area contributed by atoms with Gasteiger partial charge in [0, 0.05) is 63.3 Å². The minimum Gasteiger partial charge on any atom is -0.383 e. The fourth-order valence-electron chi connectivity index (χ4n) is 4.30. The van der Waals surface area contributed by atoms with Crippen molar-refractivity contribution in [1.82, 2.24) is 30.1 Å². The fourth-order valence-corrected chi connectivity index (χ4v) is 4.30. The molecule has 4 N–H and O–H groups in total. The number of hydrogen-bond acceptors (Lipinski definition) is 6. The molecule has 164 valence electrons. The Hall–Kier alpha value is -3.26. The largest absolute Gasteiger partial charge is 0.383 e. The van der Waals surface area contributed by atoms with Gasteiger partial charge >= 0.3 is 0 Å². The molecule has 1 fully saturated rings. The molecule has 7 nitrogen and oxygen atoms in total. The number of nitrogens with two attached hydrogens (primary N) is 1. The van der Waals surface area contributed by atoms with Crippen molar-refractivity contribution in [3.63, 3.8) is 0 Å². The second-order valence-corrected chi connectivity index (χ2v) is 8.17. The lowest BCUT2D eigenvalue weighted by molar-refractivity contribution is 0.241. The van der Waals surface area contributed by atoms with E-state index in [0.717, 1.165) is 73.7 Å². The molecule has 1 aliphatic heterocycles. The Balaban J connectivity index is 1.33. The number of nitrogens with one attached hydrogen (secondary N) is 2. The summed E-state index contributed by atoms with van der Waals surface area (Å²) in [6, 6.07) is 18.9. The molecule has 4 aromatic rings. The molecule has 0 spiro atoms. The lowest BCUT2D eigenvalue weighted by atomic mass is 10.1. The van der Waals surface area contributed by atoms with Gasteiger partial charge in [0.1, 0.15) is 12.1 Å². The van der Waals surface area contributed by atoms with Crippen LogP contribution in [0.2, 0.25) is 0 Å². The Labute approximate surface area is 188 Å². The van der Waals surface area contributed by atoms with Crippen LogP contribution in [-0.2, 0) is 6.54 Å². The zero-order valence-electron chi connectivity index (χ0n) is 18.2. The maximum Gasteiger partial charge on any atom is 0.150 e. The summed E-state index contributed by atoms with van der Waals surface area (Å²) in [7, 11) is 0. The second kappa shape index (κ2) is 9.48. The molecule has 0 atom stereocenters. The maximum absolute atomic E-state index is 6.25. The normalized spacial score (nSPS) is 14.8. The number of hydrogen-bond donors (Lipinski definition) is 3. The molecular formula is C25H29N7. The van der Waals surface area contributed by atoms with Crippen molar-refractivity contribution < 1.29 is 0 Å². The second-order valence-electron chi connectivity index (χ2n) is 8.17. The fraction of sp³-hybridized carbons (Fsp3) is 0.280. The Bertz CT molecular complexity index is 1160. The molecule has 7 heteroatoms. The number of piperazine rings is 1. The van der Waals surface area contributed by atoms with Crippen LogP contribution in [0.15, 0.2) is 67.1 Å². The van der Waals surface area contributed by atoms with Gasteiger partial charge in [-0.15, -0.1) is 0 Å². The first kappa shape index (κ1) is 20.6. The van der Waals surface area contributed by atoms with Gasteiger partial charge in [-0.05, 0) is 23.3 Å². The predicted molar refractivity (Wildman–Crippen MR) is 130 cm³/mol. The van der Waals surface area contributed by atoms with Crippen LogP contribution in [0.3, 0.4) is 0 Å². The summed E-state index contributed by atoms with van der Waals surface area (Å²) in [5.74, 6) is 0.498. The highest BCUT2D eigenvalue weighted by atomic mass is 15.2. The van der Waals surface area contributed by atoms with E-state index in [1.165, 1.54) is 11.9 Å². The van der Waals surface area contributed by atoms with E-state index in [1.807, 2.05) is 18.2 Å². The molecule has 0 saturated carbocycles. The van der Waals surface area contributed by atoms with E-state index in [0.29, 0.717) is 5.82 Å². The molecule has 1 saturated heterocycles. The highest BCUT2D eigenvalue weighted by Crippen LogP contribution is 2.34. The van der Waals surface area contributed by atoms with Gasteiger partial charge < -0.3 is 20.9 Å². The topological polar surface area (TPSA) is 84.0 Å². The molecule has 2 aromatic carbocycles. The van der Waals surface area contributed by atoms with Gasteiger partial charge in [0.2, 0.25) is 0 Å². The maximum atomic E-state index is 6.25. The van der Waals surface area contributed by atoms with Crippen molar-refractivity contribution >= 4 is 16.9 Å². The molecule has 1 aliphatic rings. The number of fused-ring (bicyclic) bond motifs is 1. The van der Waals surface area contributed by atoms with Gasteiger partial charge in [0.25, 0.3) is 0 Å². The summed E-state index contributed by atoms with van der Waals surface area (Å²) in [4.78, 5) is 11.3. The Morgan fingerprint density at radius 3 is 2.53 bits per heavy atom. The summed E-state index contributed by atoms with van der Waals surface area (Å²) < 4.78 is 2.09. The molecule has 0 unspecified atom stereocenters. The van der Waals surface area contributed by atoms with Crippen LogP contribution in [-0.4, -0.2) is 58.7 Å². The van der Waals surface area contributed by atoms with Crippen LogP contribution in [0.25, 0.3) is 27.8 Å². The molecule has 2 aromatic heterocycles. The minimum atomic E-state index is 0.498. The SMILES string of the molecule is Nc1ncnc2c1c(-c1ccccc1)cn2-c1ccc(CNCCN2CCNCC2)cc1. The van der Waals surface area contributed by atoms with Gasteiger partial charge in [0.15, 0.2) is 5.65 Å². The first-order valence-corrected chi connectivity index (χ1v) is 11.2. The lowest BCUT2D eigenvalue weighted by Gasteiger charge is -2.27. The van der Waals surface area contributed by atoms with Crippen LogP contribution >= 0.6 is 0 Å². The van der Waals surface area contributed by atoms with E-state index in [2.05, 4.69) is 72.7 Å². The quantitative estimate of drug-likeness (QED) is 0.393. The Kier molecular flexibility index (Phi) is 6.11. The zero-order chi connectivity index (χ0) is 21.8.